The molecule has 19 heavy (non-hydrogen) atoms. The first-order valence-electron chi connectivity index (χ1n) is 8.02. The van der Waals surface area contributed by atoms with E-state index in [2.05, 4.69) is 25.7 Å². The third kappa shape index (κ3) is 3.71. The highest BCUT2D eigenvalue weighted by Gasteiger charge is 2.33. The lowest BCUT2D eigenvalue weighted by atomic mass is 9.82. The van der Waals surface area contributed by atoms with E-state index in [1.165, 1.54) is 6.42 Å². The van der Waals surface area contributed by atoms with Crippen molar-refractivity contribution in [3.05, 3.63) is 0 Å². The third-order valence-corrected chi connectivity index (χ3v) is 5.27. The fourth-order valence-corrected chi connectivity index (χ4v) is 3.80. The van der Waals surface area contributed by atoms with E-state index in [-0.39, 0.29) is 0 Å². The molecule has 1 saturated heterocycles. The van der Waals surface area contributed by atoms with Crippen LogP contribution >= 0.6 is 0 Å². The predicted octanol–water partition coefficient (Wildman–Crippen LogP) is 2.79. The number of nitrogens with zero attached hydrogens (tertiary/aromatic N) is 1. The molecular weight excluding hydrogens is 236 g/mol. The highest BCUT2D eigenvalue weighted by atomic mass is 16.2. The third-order valence-electron chi connectivity index (χ3n) is 5.27. The number of hydrogen-bond donors (Lipinski definition) is 1. The molecule has 0 aromatic rings. The maximum Gasteiger partial charge on any atom is 0.223 e. The quantitative estimate of drug-likeness (QED) is 0.835. The molecule has 3 nitrogen and oxygen atoms in total. The molecule has 0 spiro atoms. The zero-order valence-corrected chi connectivity index (χ0v) is 12.8. The fourth-order valence-electron chi connectivity index (χ4n) is 3.80. The van der Waals surface area contributed by atoms with Crippen LogP contribution in [0.2, 0.25) is 0 Å². The molecule has 1 amide bonds. The van der Waals surface area contributed by atoms with Crippen molar-refractivity contribution in [1.29, 1.82) is 0 Å². The maximum absolute atomic E-state index is 12.5. The van der Waals surface area contributed by atoms with Crippen molar-refractivity contribution in [3.8, 4) is 0 Å². The number of hydrogen-bond acceptors (Lipinski definition) is 2. The van der Waals surface area contributed by atoms with Gasteiger partial charge in [-0.25, -0.2) is 0 Å². The van der Waals surface area contributed by atoms with E-state index >= 15 is 0 Å². The lowest BCUT2D eigenvalue weighted by Crippen LogP contribution is -2.49. The molecule has 0 radical (unpaired) electrons. The summed E-state index contributed by atoms with van der Waals surface area (Å²) in [5.74, 6) is 2.24. The van der Waals surface area contributed by atoms with Crippen LogP contribution in [-0.4, -0.2) is 29.4 Å². The van der Waals surface area contributed by atoms with Crippen LogP contribution in [0.3, 0.4) is 0 Å². The fraction of sp³-hybridized carbons (Fsp3) is 0.938. The largest absolute Gasteiger partial charge is 0.339 e. The van der Waals surface area contributed by atoms with E-state index in [1.54, 1.807) is 0 Å². The van der Waals surface area contributed by atoms with Gasteiger partial charge in [0.15, 0.2) is 0 Å². The highest BCUT2D eigenvalue weighted by molar-refractivity contribution is 5.77. The van der Waals surface area contributed by atoms with Gasteiger partial charge in [0.1, 0.15) is 0 Å². The minimum Gasteiger partial charge on any atom is -0.339 e. The molecule has 3 unspecified atom stereocenters. The van der Waals surface area contributed by atoms with Crippen molar-refractivity contribution in [3.63, 3.8) is 0 Å². The Morgan fingerprint density at radius 2 is 1.79 bits per heavy atom. The lowest BCUT2D eigenvalue weighted by Gasteiger charge is -2.42. The molecule has 0 bridgehead atoms. The summed E-state index contributed by atoms with van der Waals surface area (Å²) in [5.41, 5.74) is 5.93. The first kappa shape index (κ1) is 14.8. The van der Waals surface area contributed by atoms with Crippen molar-refractivity contribution in [2.75, 3.05) is 6.54 Å². The van der Waals surface area contributed by atoms with Gasteiger partial charge in [0.2, 0.25) is 5.91 Å². The van der Waals surface area contributed by atoms with Gasteiger partial charge in [-0.15, -0.1) is 0 Å². The monoisotopic (exact) mass is 266 g/mol. The number of carbonyl (C=O) groups excluding carboxylic acids is 1. The van der Waals surface area contributed by atoms with Crippen LogP contribution in [0.25, 0.3) is 0 Å². The van der Waals surface area contributed by atoms with Gasteiger partial charge in [0.05, 0.1) is 0 Å². The van der Waals surface area contributed by atoms with E-state index in [1.807, 2.05) is 0 Å². The highest BCUT2D eigenvalue weighted by Crippen LogP contribution is 2.30. The van der Waals surface area contributed by atoms with Gasteiger partial charge in [0.25, 0.3) is 0 Å². The van der Waals surface area contributed by atoms with E-state index in [0.29, 0.717) is 35.7 Å². The Morgan fingerprint density at radius 3 is 2.42 bits per heavy atom. The second-order valence-corrected chi connectivity index (χ2v) is 7.09. The number of likely N-dealkylation sites (tertiary alicyclic amines) is 1. The Kier molecular flexibility index (Phi) is 4.88. The van der Waals surface area contributed by atoms with E-state index in [4.69, 9.17) is 5.73 Å². The zero-order valence-electron chi connectivity index (χ0n) is 12.8. The van der Waals surface area contributed by atoms with Gasteiger partial charge in [0, 0.05) is 25.0 Å². The van der Waals surface area contributed by atoms with Crippen LogP contribution in [0, 0.1) is 17.8 Å². The molecule has 2 N–H and O–H groups in total. The Bertz CT molecular complexity index is 310. The van der Waals surface area contributed by atoms with Gasteiger partial charge in [-0.05, 0) is 56.8 Å². The second kappa shape index (κ2) is 6.25. The average Bonchev–Trinajstić information content (AvgIpc) is 2.36. The number of rotatable bonds is 2. The summed E-state index contributed by atoms with van der Waals surface area (Å²) >= 11 is 0. The first-order valence-corrected chi connectivity index (χ1v) is 8.02. The van der Waals surface area contributed by atoms with E-state index in [9.17, 15) is 4.79 Å². The summed E-state index contributed by atoms with van der Waals surface area (Å²) < 4.78 is 0. The summed E-state index contributed by atoms with van der Waals surface area (Å²) in [6.07, 6.45) is 6.47. The molecule has 2 rings (SSSR count). The lowest BCUT2D eigenvalue weighted by molar-refractivity contribution is -0.138. The van der Waals surface area contributed by atoms with Crippen LogP contribution in [0.4, 0.5) is 0 Å². The van der Waals surface area contributed by atoms with Gasteiger partial charge >= 0.3 is 0 Å². The van der Waals surface area contributed by atoms with E-state index in [0.717, 1.165) is 38.6 Å². The second-order valence-electron chi connectivity index (χ2n) is 7.09. The van der Waals surface area contributed by atoms with Crippen LogP contribution in [0.1, 0.15) is 59.3 Å². The number of piperidine rings is 1. The standard InChI is InChI=1S/C16H30N2O/c1-11-8-12(2)13(3)18(10-11)16(19)9-14-4-6-15(17)7-5-14/h11-15H,4-10,17H2,1-3H3. The molecule has 1 aliphatic heterocycles. The van der Waals surface area contributed by atoms with Gasteiger partial charge in [-0.2, -0.15) is 0 Å². The zero-order chi connectivity index (χ0) is 14.0. The number of carbonyl (C=O) groups is 1. The molecule has 110 valence electrons. The van der Waals surface area contributed by atoms with Crippen molar-refractivity contribution in [2.24, 2.45) is 23.5 Å². The van der Waals surface area contributed by atoms with Crippen LogP contribution < -0.4 is 5.73 Å². The van der Waals surface area contributed by atoms with Gasteiger partial charge < -0.3 is 10.6 Å². The molecule has 0 aromatic carbocycles. The normalized spacial score (nSPS) is 40.2. The first-order chi connectivity index (χ1) is 8.97. The summed E-state index contributed by atoms with van der Waals surface area (Å²) in [4.78, 5) is 14.7. The van der Waals surface area contributed by atoms with Crippen molar-refractivity contribution < 1.29 is 4.79 Å². The molecule has 1 aliphatic carbocycles. The predicted molar refractivity (Wildman–Crippen MR) is 78.7 cm³/mol. The Hall–Kier alpha value is -0.570. The Labute approximate surface area is 117 Å². The number of nitrogens with two attached hydrogens (primary N) is 1. The minimum atomic E-state index is 0.375. The molecule has 2 aliphatic rings. The van der Waals surface area contributed by atoms with Gasteiger partial charge in [-0.1, -0.05) is 13.8 Å². The molecule has 3 atom stereocenters. The maximum atomic E-state index is 12.5. The summed E-state index contributed by atoms with van der Waals surface area (Å²) in [6, 6.07) is 0.787. The van der Waals surface area contributed by atoms with Crippen molar-refractivity contribution in [2.45, 2.75) is 71.4 Å². The minimum absolute atomic E-state index is 0.375. The van der Waals surface area contributed by atoms with Crippen LogP contribution in [0.15, 0.2) is 0 Å². The molecule has 1 saturated carbocycles. The molecular formula is C16H30N2O. The Morgan fingerprint density at radius 1 is 1.16 bits per heavy atom. The van der Waals surface area contributed by atoms with Gasteiger partial charge in [-0.3, -0.25) is 4.79 Å². The number of amides is 1. The topological polar surface area (TPSA) is 46.3 Å². The molecule has 2 fully saturated rings. The SMILES string of the molecule is CC1CC(C)C(C)N(C(=O)CC2CCC(N)CC2)C1. The van der Waals surface area contributed by atoms with Crippen molar-refractivity contribution >= 4 is 5.91 Å². The summed E-state index contributed by atoms with van der Waals surface area (Å²) in [5, 5.41) is 0. The summed E-state index contributed by atoms with van der Waals surface area (Å²) in [6.45, 7) is 7.71. The van der Waals surface area contributed by atoms with Crippen LogP contribution in [-0.2, 0) is 4.79 Å². The smallest absolute Gasteiger partial charge is 0.223 e. The molecule has 1 heterocycles. The van der Waals surface area contributed by atoms with Crippen molar-refractivity contribution in [1.82, 2.24) is 4.90 Å². The average molecular weight is 266 g/mol. The molecule has 0 aromatic heterocycles. The Balaban J connectivity index is 1.88. The van der Waals surface area contributed by atoms with E-state index < -0.39 is 0 Å². The van der Waals surface area contributed by atoms with Crippen LogP contribution in [0.5, 0.6) is 0 Å². The summed E-state index contributed by atoms with van der Waals surface area (Å²) in [7, 11) is 0. The molecule has 3 heteroatoms.